The lowest BCUT2D eigenvalue weighted by atomic mass is 9.85. The highest BCUT2D eigenvalue weighted by Gasteiger charge is 2.34. The highest BCUT2D eigenvalue weighted by Crippen LogP contribution is 2.44. The Balaban J connectivity index is 1.21. The quantitative estimate of drug-likeness (QED) is 0.158. The van der Waals surface area contributed by atoms with Crippen molar-refractivity contribution in [1.29, 1.82) is 0 Å². The molecule has 0 amide bonds. The van der Waals surface area contributed by atoms with Gasteiger partial charge < -0.3 is 9.15 Å². The zero-order valence-corrected chi connectivity index (χ0v) is 26.0. The summed E-state index contributed by atoms with van der Waals surface area (Å²) in [6.45, 7) is 9.01. The van der Waals surface area contributed by atoms with Crippen LogP contribution in [0.5, 0.6) is 5.75 Å². The van der Waals surface area contributed by atoms with Crippen LogP contribution >= 0.6 is 0 Å². The molecule has 0 saturated carbocycles. The number of furan rings is 1. The molecule has 1 unspecified atom stereocenters. The van der Waals surface area contributed by atoms with Crippen molar-refractivity contribution in [2.45, 2.75) is 142 Å². The van der Waals surface area contributed by atoms with Crippen LogP contribution in [-0.4, -0.2) is 5.60 Å². The fourth-order valence-electron chi connectivity index (χ4n) is 6.37. The molecule has 4 rings (SSSR count). The largest absolute Gasteiger partial charge is 0.487 e. The predicted molar refractivity (Wildman–Crippen MR) is 173 cm³/mol. The van der Waals surface area contributed by atoms with Crippen molar-refractivity contribution in [3.63, 3.8) is 0 Å². The molecule has 2 aromatic carbocycles. The Hall–Kier alpha value is -2.48. The van der Waals surface area contributed by atoms with E-state index in [1.807, 2.05) is 6.07 Å². The van der Waals surface area contributed by atoms with E-state index in [0.29, 0.717) is 0 Å². The van der Waals surface area contributed by atoms with Gasteiger partial charge in [-0.3, -0.25) is 0 Å². The number of benzene rings is 2. The van der Waals surface area contributed by atoms with Gasteiger partial charge in [0, 0.05) is 10.9 Å². The maximum atomic E-state index is 6.83. The number of aryl methyl sites for hydroxylation is 2. The first-order valence-electron chi connectivity index (χ1n) is 16.5. The molecule has 0 spiro atoms. The number of ether oxygens (including phenoxy) is 1. The standard InChI is InChI=1S/C38H54O2/c1-5-6-7-8-9-10-11-12-13-14-15-16-17-21-27-38(4)28-26-34-35-29-33(25-24-32-22-19-18-20-23-32)39-36(35)30(2)31(3)37(34)40-38/h18-20,22-25,29H,5-17,21,26-28H2,1-4H3/b25-24+. The van der Waals surface area contributed by atoms with Crippen molar-refractivity contribution < 1.29 is 9.15 Å². The summed E-state index contributed by atoms with van der Waals surface area (Å²) in [5, 5.41) is 1.23. The van der Waals surface area contributed by atoms with Gasteiger partial charge in [-0.2, -0.15) is 0 Å². The van der Waals surface area contributed by atoms with Gasteiger partial charge in [0.15, 0.2) is 0 Å². The third kappa shape index (κ3) is 8.51. The van der Waals surface area contributed by atoms with Crippen LogP contribution in [0.25, 0.3) is 23.1 Å². The van der Waals surface area contributed by atoms with Crippen molar-refractivity contribution >= 4 is 23.1 Å². The molecule has 2 nitrogen and oxygen atoms in total. The first-order chi connectivity index (χ1) is 19.5. The van der Waals surface area contributed by atoms with Crippen molar-refractivity contribution in [1.82, 2.24) is 0 Å². The molecular formula is C38H54O2. The summed E-state index contributed by atoms with van der Waals surface area (Å²) in [5.41, 5.74) is 5.91. The zero-order valence-electron chi connectivity index (χ0n) is 26.0. The van der Waals surface area contributed by atoms with Crippen LogP contribution in [0.4, 0.5) is 0 Å². The third-order valence-electron chi connectivity index (χ3n) is 9.15. The number of fused-ring (bicyclic) bond motifs is 3. The molecule has 0 aliphatic carbocycles. The third-order valence-corrected chi connectivity index (χ3v) is 9.15. The molecule has 40 heavy (non-hydrogen) atoms. The minimum atomic E-state index is -0.0607. The van der Waals surface area contributed by atoms with Gasteiger partial charge in [0.1, 0.15) is 22.7 Å². The van der Waals surface area contributed by atoms with Crippen LogP contribution in [0.3, 0.4) is 0 Å². The lowest BCUT2D eigenvalue weighted by Crippen LogP contribution is -2.36. The van der Waals surface area contributed by atoms with Gasteiger partial charge in [-0.15, -0.1) is 0 Å². The van der Waals surface area contributed by atoms with Crippen LogP contribution in [0.1, 0.15) is 145 Å². The molecule has 2 heterocycles. The minimum absolute atomic E-state index is 0.0607. The summed E-state index contributed by atoms with van der Waals surface area (Å²) in [6.07, 6.45) is 27.1. The molecule has 1 aliphatic rings. The summed E-state index contributed by atoms with van der Waals surface area (Å²) in [5.74, 6) is 2.02. The molecule has 3 aromatic rings. The number of hydrogen-bond donors (Lipinski definition) is 0. The molecule has 0 fully saturated rings. The molecule has 0 radical (unpaired) electrons. The van der Waals surface area contributed by atoms with E-state index in [4.69, 9.17) is 9.15 Å². The molecular weight excluding hydrogens is 488 g/mol. The Morgan fingerprint density at radius 1 is 0.750 bits per heavy atom. The summed E-state index contributed by atoms with van der Waals surface area (Å²) in [7, 11) is 0. The van der Waals surface area contributed by atoms with E-state index in [2.05, 4.69) is 70.2 Å². The number of unbranched alkanes of at least 4 members (excludes halogenated alkanes) is 13. The number of rotatable bonds is 17. The first kappa shape index (κ1) is 30.5. The molecule has 0 N–H and O–H groups in total. The SMILES string of the molecule is CCCCCCCCCCCCCCCCC1(C)CCc2c(c(C)c(C)c3oc(/C=C/c4ccccc4)cc23)O1. The summed E-state index contributed by atoms with van der Waals surface area (Å²) in [6, 6.07) is 12.6. The van der Waals surface area contributed by atoms with E-state index >= 15 is 0 Å². The Morgan fingerprint density at radius 2 is 1.35 bits per heavy atom. The second-order valence-electron chi connectivity index (χ2n) is 12.6. The van der Waals surface area contributed by atoms with Crippen LogP contribution < -0.4 is 4.74 Å². The van der Waals surface area contributed by atoms with Crippen LogP contribution in [0, 0.1) is 13.8 Å². The van der Waals surface area contributed by atoms with Crippen molar-refractivity contribution in [3.05, 3.63) is 64.4 Å². The fourth-order valence-corrected chi connectivity index (χ4v) is 6.37. The van der Waals surface area contributed by atoms with E-state index in [1.54, 1.807) is 0 Å². The van der Waals surface area contributed by atoms with Gasteiger partial charge in [-0.25, -0.2) is 0 Å². The lowest BCUT2D eigenvalue weighted by Gasteiger charge is -2.37. The molecule has 0 saturated heterocycles. The van der Waals surface area contributed by atoms with Gasteiger partial charge in [-0.1, -0.05) is 127 Å². The second kappa shape index (κ2) is 15.5. The maximum absolute atomic E-state index is 6.83. The van der Waals surface area contributed by atoms with Gasteiger partial charge in [0.05, 0.1) is 0 Å². The molecule has 0 bridgehead atoms. The molecule has 1 atom stereocenters. The normalized spacial score (nSPS) is 17.0. The first-order valence-corrected chi connectivity index (χ1v) is 16.5. The lowest BCUT2D eigenvalue weighted by molar-refractivity contribution is 0.0530. The highest BCUT2D eigenvalue weighted by molar-refractivity contribution is 5.90. The van der Waals surface area contributed by atoms with E-state index in [1.165, 1.54) is 118 Å². The summed E-state index contributed by atoms with van der Waals surface area (Å²) >= 11 is 0. The Kier molecular flexibility index (Phi) is 11.8. The predicted octanol–water partition coefficient (Wildman–Crippen LogP) is 12.2. The Morgan fingerprint density at radius 3 is 1.98 bits per heavy atom. The molecule has 1 aromatic heterocycles. The van der Waals surface area contributed by atoms with Gasteiger partial charge in [0.25, 0.3) is 0 Å². The maximum Gasteiger partial charge on any atom is 0.138 e. The summed E-state index contributed by atoms with van der Waals surface area (Å²) in [4.78, 5) is 0. The summed E-state index contributed by atoms with van der Waals surface area (Å²) < 4.78 is 13.2. The van der Waals surface area contributed by atoms with Crippen molar-refractivity contribution in [2.75, 3.05) is 0 Å². The molecule has 2 heteroatoms. The van der Waals surface area contributed by atoms with Gasteiger partial charge >= 0.3 is 0 Å². The minimum Gasteiger partial charge on any atom is -0.487 e. The van der Waals surface area contributed by atoms with E-state index < -0.39 is 0 Å². The fraction of sp³-hybridized carbons (Fsp3) is 0.579. The second-order valence-corrected chi connectivity index (χ2v) is 12.6. The highest BCUT2D eigenvalue weighted by atomic mass is 16.5. The van der Waals surface area contributed by atoms with Crippen LogP contribution in [0.15, 0.2) is 40.8 Å². The van der Waals surface area contributed by atoms with E-state index in [9.17, 15) is 0 Å². The molecule has 1 aliphatic heterocycles. The van der Waals surface area contributed by atoms with Gasteiger partial charge in [0.2, 0.25) is 0 Å². The smallest absolute Gasteiger partial charge is 0.138 e. The van der Waals surface area contributed by atoms with Crippen molar-refractivity contribution in [2.24, 2.45) is 0 Å². The van der Waals surface area contributed by atoms with E-state index in [0.717, 1.165) is 36.4 Å². The van der Waals surface area contributed by atoms with Crippen LogP contribution in [-0.2, 0) is 6.42 Å². The zero-order chi connectivity index (χ0) is 28.2. The van der Waals surface area contributed by atoms with E-state index in [-0.39, 0.29) is 5.60 Å². The van der Waals surface area contributed by atoms with Crippen LogP contribution in [0.2, 0.25) is 0 Å². The Labute approximate surface area is 244 Å². The average Bonchev–Trinajstić information content (AvgIpc) is 3.40. The monoisotopic (exact) mass is 542 g/mol. The van der Waals surface area contributed by atoms with Crippen molar-refractivity contribution in [3.8, 4) is 5.75 Å². The molecule has 218 valence electrons. The number of hydrogen-bond acceptors (Lipinski definition) is 2. The topological polar surface area (TPSA) is 22.4 Å². The Bertz CT molecular complexity index is 1200. The van der Waals surface area contributed by atoms with Gasteiger partial charge in [-0.05, 0) is 75.3 Å². The average molecular weight is 543 g/mol.